The van der Waals surface area contributed by atoms with Crippen molar-refractivity contribution < 1.29 is 19.1 Å². The van der Waals surface area contributed by atoms with Gasteiger partial charge < -0.3 is 26.8 Å². The summed E-state index contributed by atoms with van der Waals surface area (Å²) in [5, 5.41) is 11.5. The fourth-order valence-corrected chi connectivity index (χ4v) is 3.45. The number of anilines is 1. The first-order valence-electron chi connectivity index (χ1n) is 10.4. The molecule has 1 aromatic carbocycles. The van der Waals surface area contributed by atoms with Gasteiger partial charge in [-0.1, -0.05) is 29.3 Å². The van der Waals surface area contributed by atoms with Crippen LogP contribution in [0.1, 0.15) is 32.0 Å². The Bertz CT molecular complexity index is 994. The minimum Gasteiger partial charge on any atom is -0.444 e. The average Bonchev–Trinajstić information content (AvgIpc) is 3.13. The SMILES string of the molecule is CN(CCNC(=O)OC(C)(C)C)Cc1csc(NC(=O)NCc2ccc(Cl)c(Cl)c2)n1.NC(N)=O. The third-order valence-corrected chi connectivity index (χ3v) is 5.35. The first-order chi connectivity index (χ1) is 16.2. The summed E-state index contributed by atoms with van der Waals surface area (Å²) >= 11 is 13.2. The summed E-state index contributed by atoms with van der Waals surface area (Å²) in [6, 6.07) is 4.00. The van der Waals surface area contributed by atoms with E-state index in [4.69, 9.17) is 32.7 Å². The molecule has 1 aromatic heterocycles. The zero-order chi connectivity index (χ0) is 26.6. The molecule has 0 atom stereocenters. The highest BCUT2D eigenvalue weighted by molar-refractivity contribution is 7.13. The Morgan fingerprint density at radius 1 is 1.14 bits per heavy atom. The van der Waals surface area contributed by atoms with Crippen LogP contribution in [0, 0.1) is 0 Å². The number of nitrogens with zero attached hydrogens (tertiary/aromatic N) is 2. The molecule has 11 nitrogen and oxygen atoms in total. The maximum atomic E-state index is 12.1. The Balaban J connectivity index is 0.00000142. The first-order valence-corrected chi connectivity index (χ1v) is 12.0. The van der Waals surface area contributed by atoms with Gasteiger partial charge >= 0.3 is 18.2 Å². The summed E-state index contributed by atoms with van der Waals surface area (Å²) in [6.45, 7) is 7.44. The second-order valence-electron chi connectivity index (χ2n) is 8.27. The smallest absolute Gasteiger partial charge is 0.407 e. The molecule has 0 saturated carbocycles. The standard InChI is InChI=1S/C20H27Cl2N5O3S.CH4N2O/c1-20(2,3)30-19(29)23-7-8-27(4)11-14-12-31-18(25-14)26-17(28)24-10-13-5-6-15(21)16(22)9-13;2-1(3)4/h5-6,9,12H,7-8,10-11H2,1-4H3,(H,23,29)(H2,24,25,26,28);(H4,2,3,4). The van der Waals surface area contributed by atoms with Crippen LogP contribution in [0.2, 0.25) is 10.0 Å². The highest BCUT2D eigenvalue weighted by Crippen LogP contribution is 2.22. The monoisotopic (exact) mass is 547 g/mol. The van der Waals surface area contributed by atoms with Crippen LogP contribution in [0.5, 0.6) is 0 Å². The molecule has 0 aliphatic heterocycles. The molecule has 5 amide bonds. The molecule has 0 aliphatic rings. The Morgan fingerprint density at radius 3 is 2.40 bits per heavy atom. The van der Waals surface area contributed by atoms with Crippen LogP contribution in [0.25, 0.3) is 0 Å². The van der Waals surface area contributed by atoms with Crippen molar-refractivity contribution in [1.82, 2.24) is 20.5 Å². The third kappa shape index (κ3) is 14.3. The number of carbonyl (C=O) groups is 3. The number of nitrogens with one attached hydrogen (secondary N) is 3. The number of alkyl carbamates (subject to hydrolysis) is 1. The zero-order valence-corrected chi connectivity index (χ0v) is 22.3. The van der Waals surface area contributed by atoms with Crippen molar-refractivity contribution in [1.29, 1.82) is 0 Å². The van der Waals surface area contributed by atoms with Crippen LogP contribution in [-0.4, -0.2) is 53.8 Å². The molecule has 0 aliphatic carbocycles. The van der Waals surface area contributed by atoms with E-state index in [2.05, 4.69) is 32.4 Å². The number of urea groups is 2. The Hall–Kier alpha value is -2.80. The summed E-state index contributed by atoms with van der Waals surface area (Å²) in [6.07, 6.45) is -0.437. The summed E-state index contributed by atoms with van der Waals surface area (Å²) in [7, 11) is 1.92. The molecule has 14 heteroatoms. The van der Waals surface area contributed by atoms with Crippen LogP contribution in [0.15, 0.2) is 23.6 Å². The number of primary amides is 2. The predicted octanol–water partition coefficient (Wildman–Crippen LogP) is 3.75. The van der Waals surface area contributed by atoms with Gasteiger partial charge in [-0.3, -0.25) is 10.2 Å². The number of amides is 5. The normalized spacial score (nSPS) is 10.7. The van der Waals surface area contributed by atoms with Gasteiger partial charge in [0.15, 0.2) is 5.13 Å². The highest BCUT2D eigenvalue weighted by atomic mass is 35.5. The van der Waals surface area contributed by atoms with E-state index in [-0.39, 0.29) is 6.03 Å². The number of hydrogen-bond donors (Lipinski definition) is 5. The van der Waals surface area contributed by atoms with Crippen molar-refractivity contribution in [3.8, 4) is 0 Å². The minimum atomic E-state index is -0.833. The van der Waals surface area contributed by atoms with Crippen LogP contribution in [-0.2, 0) is 17.8 Å². The van der Waals surface area contributed by atoms with E-state index in [1.165, 1.54) is 11.3 Å². The highest BCUT2D eigenvalue weighted by Gasteiger charge is 2.16. The molecular weight excluding hydrogens is 517 g/mol. The van der Waals surface area contributed by atoms with E-state index in [1.807, 2.05) is 38.1 Å². The van der Waals surface area contributed by atoms with Crippen molar-refractivity contribution in [3.05, 3.63) is 44.9 Å². The Labute approximate surface area is 218 Å². The first kappa shape index (κ1) is 30.2. The minimum absolute atomic E-state index is 0.314. The second-order valence-corrected chi connectivity index (χ2v) is 9.94. The number of thiazole rings is 1. The maximum absolute atomic E-state index is 12.1. The van der Waals surface area contributed by atoms with E-state index in [0.29, 0.717) is 41.4 Å². The van der Waals surface area contributed by atoms with Gasteiger partial charge in [-0.25, -0.2) is 19.4 Å². The van der Waals surface area contributed by atoms with Crippen molar-refractivity contribution in [3.63, 3.8) is 0 Å². The molecule has 0 unspecified atom stereocenters. The number of nitrogens with two attached hydrogens (primary N) is 2. The number of aromatic nitrogens is 1. The van der Waals surface area contributed by atoms with Crippen molar-refractivity contribution in [2.75, 3.05) is 25.5 Å². The molecule has 0 fully saturated rings. The number of hydrogen-bond acceptors (Lipinski definition) is 7. The third-order valence-electron chi connectivity index (χ3n) is 3.80. The summed E-state index contributed by atoms with van der Waals surface area (Å²) in [5.41, 5.74) is 9.64. The molecule has 194 valence electrons. The van der Waals surface area contributed by atoms with Gasteiger partial charge in [0.05, 0.1) is 15.7 Å². The molecule has 0 spiro atoms. The number of carbonyl (C=O) groups excluding carboxylic acids is 3. The number of likely N-dealkylation sites (N-methyl/N-ethyl adjacent to an activating group) is 1. The predicted molar refractivity (Wildman–Crippen MR) is 139 cm³/mol. The largest absolute Gasteiger partial charge is 0.444 e. The maximum Gasteiger partial charge on any atom is 0.407 e. The van der Waals surface area contributed by atoms with E-state index in [0.717, 1.165) is 11.3 Å². The lowest BCUT2D eigenvalue weighted by atomic mass is 10.2. The lowest BCUT2D eigenvalue weighted by Gasteiger charge is -2.20. The Kier molecular flexibility index (Phi) is 12.6. The summed E-state index contributed by atoms with van der Waals surface area (Å²) in [5.74, 6) is 0. The van der Waals surface area contributed by atoms with Crippen LogP contribution < -0.4 is 27.4 Å². The fourth-order valence-electron chi connectivity index (χ4n) is 2.43. The van der Waals surface area contributed by atoms with Crippen LogP contribution in [0.3, 0.4) is 0 Å². The molecular formula is C21H31Cl2N7O4S. The van der Waals surface area contributed by atoms with E-state index < -0.39 is 17.7 Å². The Morgan fingerprint density at radius 2 is 1.80 bits per heavy atom. The van der Waals surface area contributed by atoms with Gasteiger partial charge in [-0.2, -0.15) is 0 Å². The molecule has 2 aromatic rings. The number of halogens is 2. The zero-order valence-electron chi connectivity index (χ0n) is 20.0. The summed E-state index contributed by atoms with van der Waals surface area (Å²) in [4.78, 5) is 39.2. The van der Waals surface area contributed by atoms with Gasteiger partial charge in [0.1, 0.15) is 5.60 Å². The van der Waals surface area contributed by atoms with Crippen LogP contribution >= 0.6 is 34.5 Å². The van der Waals surface area contributed by atoms with Crippen LogP contribution in [0.4, 0.5) is 19.5 Å². The molecule has 1 heterocycles. The average molecular weight is 548 g/mol. The topological polar surface area (TPSA) is 165 Å². The molecule has 7 N–H and O–H groups in total. The van der Waals surface area contributed by atoms with Crippen molar-refractivity contribution >= 4 is 57.8 Å². The van der Waals surface area contributed by atoms with Gasteiger partial charge in [-0.05, 0) is 45.5 Å². The van der Waals surface area contributed by atoms with Gasteiger partial charge in [0, 0.05) is 31.6 Å². The van der Waals surface area contributed by atoms with Gasteiger partial charge in [0.2, 0.25) is 0 Å². The fraction of sp³-hybridized carbons (Fsp3) is 0.429. The van der Waals surface area contributed by atoms with Gasteiger partial charge in [0.25, 0.3) is 0 Å². The lowest BCUT2D eigenvalue weighted by Crippen LogP contribution is -2.36. The molecule has 0 radical (unpaired) electrons. The van der Waals surface area contributed by atoms with Crippen molar-refractivity contribution in [2.24, 2.45) is 11.5 Å². The van der Waals surface area contributed by atoms with Gasteiger partial charge in [-0.15, -0.1) is 11.3 Å². The number of rotatable bonds is 8. The lowest BCUT2D eigenvalue weighted by molar-refractivity contribution is 0.0523. The number of ether oxygens (including phenoxy) is 1. The molecule has 0 bridgehead atoms. The van der Waals surface area contributed by atoms with Crippen molar-refractivity contribution in [2.45, 2.75) is 39.5 Å². The second kappa shape index (κ2) is 14.6. The molecule has 2 rings (SSSR count). The van der Waals surface area contributed by atoms with E-state index in [9.17, 15) is 9.59 Å². The summed E-state index contributed by atoms with van der Waals surface area (Å²) < 4.78 is 5.20. The van der Waals surface area contributed by atoms with E-state index >= 15 is 0 Å². The molecule has 0 saturated heterocycles. The quantitative estimate of drug-likeness (QED) is 0.337. The van der Waals surface area contributed by atoms with E-state index in [1.54, 1.807) is 18.2 Å². The number of benzene rings is 1. The molecule has 35 heavy (non-hydrogen) atoms.